The first kappa shape index (κ1) is 14.0. The van der Waals surface area contributed by atoms with Crippen LogP contribution in [0, 0.1) is 0 Å². The molecule has 0 N–H and O–H groups in total. The number of alkyl halides is 1. The van der Waals surface area contributed by atoms with E-state index in [2.05, 4.69) is 57.2 Å². The average molecular weight is 351 g/mol. The van der Waals surface area contributed by atoms with Gasteiger partial charge in [0.1, 0.15) is 0 Å². The molecule has 104 valence electrons. The molecule has 3 rings (SSSR count). The first-order chi connectivity index (χ1) is 9.79. The van der Waals surface area contributed by atoms with Gasteiger partial charge in [0.25, 0.3) is 0 Å². The molecule has 0 aromatic heterocycles. The minimum atomic E-state index is 0.798. The number of halogens is 2. The Morgan fingerprint density at radius 2 is 1.90 bits per heavy atom. The summed E-state index contributed by atoms with van der Waals surface area (Å²) in [5, 5.41) is 1.62. The minimum Gasteiger partial charge on any atom is -0.341 e. The number of hydrogen-bond donors (Lipinski definition) is 0. The maximum atomic E-state index is 6.13. The zero-order chi connectivity index (χ0) is 13.9. The van der Waals surface area contributed by atoms with Crippen molar-refractivity contribution < 1.29 is 0 Å². The van der Waals surface area contributed by atoms with Crippen LogP contribution in [0.15, 0.2) is 42.5 Å². The smallest absolute Gasteiger partial charge is 0.0452 e. The van der Waals surface area contributed by atoms with E-state index in [-0.39, 0.29) is 0 Å². The lowest BCUT2D eigenvalue weighted by molar-refractivity contribution is 0.760. The molecule has 0 unspecified atom stereocenters. The van der Waals surface area contributed by atoms with Gasteiger partial charge in [-0.15, -0.1) is 0 Å². The minimum absolute atomic E-state index is 0.798. The van der Waals surface area contributed by atoms with Gasteiger partial charge in [0.2, 0.25) is 0 Å². The van der Waals surface area contributed by atoms with Gasteiger partial charge >= 0.3 is 0 Å². The molecule has 1 aliphatic rings. The van der Waals surface area contributed by atoms with Gasteiger partial charge in [-0.2, -0.15) is 0 Å². The summed E-state index contributed by atoms with van der Waals surface area (Å²) >= 11 is 9.71. The largest absolute Gasteiger partial charge is 0.341 e. The molecule has 0 amide bonds. The number of fused-ring (bicyclic) bond motifs is 1. The van der Waals surface area contributed by atoms with Crippen molar-refractivity contribution in [3.8, 4) is 0 Å². The number of hydrogen-bond acceptors (Lipinski definition) is 1. The summed E-state index contributed by atoms with van der Waals surface area (Å²) in [5.41, 5.74) is 5.30. The van der Waals surface area contributed by atoms with Crippen LogP contribution in [0.2, 0.25) is 5.02 Å². The van der Waals surface area contributed by atoms with Crippen LogP contribution in [0.1, 0.15) is 24.0 Å². The SMILES string of the molecule is Clc1ccc(N2CCCCc3ccccc32)c(CBr)c1. The van der Waals surface area contributed by atoms with Gasteiger partial charge in [-0.05, 0) is 54.7 Å². The van der Waals surface area contributed by atoms with Crippen molar-refractivity contribution >= 4 is 38.9 Å². The van der Waals surface area contributed by atoms with E-state index in [1.807, 2.05) is 6.07 Å². The standard InChI is InChI=1S/C17H17BrClN/c18-12-14-11-15(19)8-9-17(14)20-10-4-3-6-13-5-1-2-7-16(13)20/h1-2,5,7-9,11H,3-4,6,10,12H2. The number of aryl methyl sites for hydroxylation is 1. The fourth-order valence-corrected chi connectivity index (χ4v) is 3.51. The highest BCUT2D eigenvalue weighted by molar-refractivity contribution is 9.08. The molecule has 0 atom stereocenters. The number of rotatable bonds is 2. The van der Waals surface area contributed by atoms with E-state index in [1.54, 1.807) is 0 Å². The van der Waals surface area contributed by atoms with E-state index in [1.165, 1.54) is 41.8 Å². The molecule has 0 aliphatic carbocycles. The Hall–Kier alpha value is -0.990. The van der Waals surface area contributed by atoms with Gasteiger partial charge in [0.05, 0.1) is 0 Å². The molecular weight excluding hydrogens is 334 g/mol. The molecule has 2 aromatic carbocycles. The van der Waals surface area contributed by atoms with E-state index < -0.39 is 0 Å². The van der Waals surface area contributed by atoms with Crippen LogP contribution in [-0.2, 0) is 11.8 Å². The van der Waals surface area contributed by atoms with Crippen LogP contribution in [0.3, 0.4) is 0 Å². The van der Waals surface area contributed by atoms with E-state index in [0.717, 1.165) is 16.9 Å². The first-order valence-corrected chi connectivity index (χ1v) is 8.49. The molecular formula is C17H17BrClN. The first-order valence-electron chi connectivity index (χ1n) is 6.99. The van der Waals surface area contributed by atoms with Crippen molar-refractivity contribution in [2.45, 2.75) is 24.6 Å². The molecule has 1 heterocycles. The summed E-state index contributed by atoms with van der Waals surface area (Å²) in [5.74, 6) is 0. The summed E-state index contributed by atoms with van der Waals surface area (Å²) in [7, 11) is 0. The highest BCUT2D eigenvalue weighted by Gasteiger charge is 2.18. The number of anilines is 2. The highest BCUT2D eigenvalue weighted by atomic mass is 79.9. The predicted octanol–water partition coefficient (Wildman–Crippen LogP) is 5.71. The fraction of sp³-hybridized carbons (Fsp3) is 0.294. The average Bonchev–Trinajstić information content (AvgIpc) is 2.69. The predicted molar refractivity (Wildman–Crippen MR) is 90.5 cm³/mol. The lowest BCUT2D eigenvalue weighted by Gasteiger charge is -2.27. The van der Waals surface area contributed by atoms with Gasteiger partial charge in [0.15, 0.2) is 0 Å². The zero-order valence-corrected chi connectivity index (χ0v) is 13.6. The molecule has 0 fully saturated rings. The second-order valence-electron chi connectivity index (χ2n) is 5.14. The summed E-state index contributed by atoms with van der Waals surface area (Å²) in [6.45, 7) is 1.07. The van der Waals surface area contributed by atoms with Gasteiger partial charge in [0, 0.05) is 28.3 Å². The number of nitrogens with zero attached hydrogens (tertiary/aromatic N) is 1. The maximum Gasteiger partial charge on any atom is 0.0452 e. The Balaban J connectivity index is 2.10. The van der Waals surface area contributed by atoms with Crippen LogP contribution >= 0.6 is 27.5 Å². The molecule has 0 saturated carbocycles. The Morgan fingerprint density at radius 3 is 2.75 bits per heavy atom. The van der Waals surface area contributed by atoms with Crippen LogP contribution in [0.4, 0.5) is 11.4 Å². The van der Waals surface area contributed by atoms with E-state index in [4.69, 9.17) is 11.6 Å². The van der Waals surface area contributed by atoms with Crippen molar-refractivity contribution in [3.05, 3.63) is 58.6 Å². The topological polar surface area (TPSA) is 3.24 Å². The molecule has 3 heteroatoms. The van der Waals surface area contributed by atoms with Gasteiger partial charge < -0.3 is 4.90 Å². The molecule has 1 aliphatic heterocycles. The number of benzene rings is 2. The molecule has 0 bridgehead atoms. The molecule has 20 heavy (non-hydrogen) atoms. The second kappa shape index (κ2) is 6.19. The Kier molecular flexibility index (Phi) is 4.32. The zero-order valence-electron chi connectivity index (χ0n) is 11.3. The van der Waals surface area contributed by atoms with Gasteiger partial charge in [-0.25, -0.2) is 0 Å². The Morgan fingerprint density at radius 1 is 1.05 bits per heavy atom. The van der Waals surface area contributed by atoms with E-state index >= 15 is 0 Å². The monoisotopic (exact) mass is 349 g/mol. The second-order valence-corrected chi connectivity index (χ2v) is 6.14. The Bertz CT molecular complexity index is 612. The van der Waals surface area contributed by atoms with Crippen molar-refractivity contribution in [2.75, 3.05) is 11.4 Å². The molecule has 0 spiro atoms. The third-order valence-electron chi connectivity index (χ3n) is 3.84. The van der Waals surface area contributed by atoms with E-state index in [9.17, 15) is 0 Å². The summed E-state index contributed by atoms with van der Waals surface area (Å²) < 4.78 is 0. The lowest BCUT2D eigenvalue weighted by atomic mass is 10.1. The highest BCUT2D eigenvalue weighted by Crippen LogP contribution is 2.36. The summed E-state index contributed by atoms with van der Waals surface area (Å²) in [6.07, 6.45) is 3.65. The third-order valence-corrected chi connectivity index (χ3v) is 4.68. The normalized spacial score (nSPS) is 14.8. The third kappa shape index (κ3) is 2.72. The Labute approximate surface area is 133 Å². The molecule has 0 radical (unpaired) electrons. The van der Waals surface area contributed by atoms with Gasteiger partial charge in [-0.3, -0.25) is 0 Å². The molecule has 1 nitrogen and oxygen atoms in total. The maximum absolute atomic E-state index is 6.13. The lowest BCUT2D eigenvalue weighted by Crippen LogP contribution is -2.19. The van der Waals surface area contributed by atoms with Crippen molar-refractivity contribution in [1.82, 2.24) is 0 Å². The van der Waals surface area contributed by atoms with Crippen molar-refractivity contribution in [3.63, 3.8) is 0 Å². The molecule has 0 saturated heterocycles. The van der Waals surface area contributed by atoms with Gasteiger partial charge in [-0.1, -0.05) is 45.7 Å². The van der Waals surface area contributed by atoms with Crippen LogP contribution in [-0.4, -0.2) is 6.54 Å². The fourth-order valence-electron chi connectivity index (χ4n) is 2.87. The van der Waals surface area contributed by atoms with Crippen molar-refractivity contribution in [1.29, 1.82) is 0 Å². The number of para-hydroxylation sites is 1. The van der Waals surface area contributed by atoms with E-state index in [0.29, 0.717) is 0 Å². The van der Waals surface area contributed by atoms with Crippen LogP contribution < -0.4 is 4.90 Å². The summed E-state index contributed by atoms with van der Waals surface area (Å²) in [4.78, 5) is 2.44. The van der Waals surface area contributed by atoms with Crippen LogP contribution in [0.25, 0.3) is 0 Å². The summed E-state index contributed by atoms with van der Waals surface area (Å²) in [6, 6.07) is 14.9. The van der Waals surface area contributed by atoms with Crippen molar-refractivity contribution in [2.24, 2.45) is 0 Å². The van der Waals surface area contributed by atoms with Crippen LogP contribution in [0.5, 0.6) is 0 Å². The quantitative estimate of drug-likeness (QED) is 0.627. The molecule has 2 aromatic rings.